The molecule has 1 aromatic heterocycles. The van der Waals surface area contributed by atoms with Crippen LogP contribution in [0.1, 0.15) is 57.2 Å². The van der Waals surface area contributed by atoms with E-state index in [1.807, 2.05) is 6.20 Å². The number of aromatic nitrogens is 2. The molecule has 4 rings (SSSR count). The van der Waals surface area contributed by atoms with Crippen molar-refractivity contribution in [3.8, 4) is 0 Å². The van der Waals surface area contributed by atoms with Crippen LogP contribution >= 0.6 is 0 Å². The van der Waals surface area contributed by atoms with Crippen molar-refractivity contribution < 1.29 is 22.4 Å². The molecule has 154 valence electrons. The average Bonchev–Trinajstić information content (AvgIpc) is 3.28. The Morgan fingerprint density at radius 3 is 2.54 bits per heavy atom. The Balaban J connectivity index is 1.61. The molecule has 0 amide bonds. The lowest BCUT2D eigenvalue weighted by Gasteiger charge is -2.42. The van der Waals surface area contributed by atoms with Gasteiger partial charge in [0.25, 0.3) is 0 Å². The van der Waals surface area contributed by atoms with Crippen molar-refractivity contribution in [2.24, 2.45) is 11.8 Å². The molecule has 28 heavy (non-hydrogen) atoms. The molecule has 2 heterocycles. The Bertz CT molecular complexity index is 778. The molecule has 3 aliphatic rings. The third-order valence-corrected chi connectivity index (χ3v) is 6.02. The lowest BCUT2D eigenvalue weighted by Crippen LogP contribution is -2.44. The highest BCUT2D eigenvalue weighted by molar-refractivity contribution is 5.34. The Kier molecular flexibility index (Phi) is 4.91. The third-order valence-electron chi connectivity index (χ3n) is 6.02. The second-order valence-electron chi connectivity index (χ2n) is 8.40. The first kappa shape index (κ1) is 19.3. The number of allylic oxidation sites excluding steroid dienone is 1. The van der Waals surface area contributed by atoms with Gasteiger partial charge in [0.2, 0.25) is 5.89 Å². The summed E-state index contributed by atoms with van der Waals surface area (Å²) in [5, 5.41) is 4.18. The van der Waals surface area contributed by atoms with Crippen molar-refractivity contribution in [1.82, 2.24) is 15.0 Å². The minimum Gasteiger partial charge on any atom is -0.484 e. The van der Waals surface area contributed by atoms with Crippen molar-refractivity contribution in [3.05, 3.63) is 35.3 Å². The predicted molar refractivity (Wildman–Crippen MR) is 95.9 cm³/mol. The first-order valence-electron chi connectivity index (χ1n) is 9.94. The fraction of sp³-hybridized carbons (Fsp3) is 0.700. The van der Waals surface area contributed by atoms with Crippen LogP contribution in [0.4, 0.5) is 13.2 Å². The molecule has 0 unspecified atom stereocenters. The van der Waals surface area contributed by atoms with Crippen LogP contribution in [0.2, 0.25) is 0 Å². The highest BCUT2D eigenvalue weighted by Crippen LogP contribution is 2.46. The summed E-state index contributed by atoms with van der Waals surface area (Å²) in [6.07, 6.45) is 5.75. The largest absolute Gasteiger partial charge is 0.484 e. The Labute approximate surface area is 162 Å². The van der Waals surface area contributed by atoms with Crippen LogP contribution in [0.15, 0.2) is 28.1 Å². The topological polar surface area (TPSA) is 51.4 Å². The zero-order chi connectivity index (χ0) is 19.9. The minimum atomic E-state index is -4.34. The highest BCUT2D eigenvalue weighted by Gasteiger charge is 2.43. The summed E-state index contributed by atoms with van der Waals surface area (Å²) < 4.78 is 48.4. The van der Waals surface area contributed by atoms with Crippen molar-refractivity contribution in [2.45, 2.75) is 64.1 Å². The molecule has 0 spiro atoms. The minimum absolute atomic E-state index is 0.250. The molecule has 0 saturated heterocycles. The molecule has 0 bridgehead atoms. The summed E-state index contributed by atoms with van der Waals surface area (Å²) in [6, 6.07) is 0. The Hall–Kier alpha value is -1.99. The fourth-order valence-electron chi connectivity index (χ4n) is 3.99. The molecule has 2 aliphatic carbocycles. The van der Waals surface area contributed by atoms with Crippen LogP contribution in [-0.2, 0) is 10.3 Å². The molecule has 0 N–H and O–H groups in total. The number of alkyl halides is 3. The van der Waals surface area contributed by atoms with Crippen molar-refractivity contribution in [2.75, 3.05) is 13.2 Å². The summed E-state index contributed by atoms with van der Waals surface area (Å²) >= 11 is 0. The lowest BCUT2D eigenvalue weighted by atomic mass is 9.78. The van der Waals surface area contributed by atoms with Crippen molar-refractivity contribution in [1.29, 1.82) is 0 Å². The maximum Gasteiger partial charge on any atom is 0.422 e. The highest BCUT2D eigenvalue weighted by atomic mass is 19.4. The van der Waals surface area contributed by atoms with Gasteiger partial charge >= 0.3 is 6.18 Å². The van der Waals surface area contributed by atoms with E-state index < -0.39 is 18.3 Å². The van der Waals surface area contributed by atoms with E-state index in [0.29, 0.717) is 29.9 Å². The second-order valence-corrected chi connectivity index (χ2v) is 8.40. The van der Waals surface area contributed by atoms with Gasteiger partial charge in [-0.1, -0.05) is 24.4 Å². The van der Waals surface area contributed by atoms with Crippen LogP contribution in [0, 0.1) is 18.8 Å². The molecule has 2 saturated carbocycles. The number of rotatable bonds is 7. The normalized spacial score (nSPS) is 23.0. The molecule has 1 aliphatic heterocycles. The Morgan fingerprint density at radius 2 is 2.00 bits per heavy atom. The molecule has 5 nitrogen and oxygen atoms in total. The number of hydrogen-bond donors (Lipinski definition) is 0. The molecular formula is C20H26F3N3O2. The van der Waals surface area contributed by atoms with Gasteiger partial charge in [0.1, 0.15) is 11.3 Å². The lowest BCUT2D eigenvalue weighted by molar-refractivity contribution is -0.164. The van der Waals surface area contributed by atoms with Crippen LogP contribution in [0.3, 0.4) is 0 Å². The van der Waals surface area contributed by atoms with Crippen LogP contribution < -0.4 is 0 Å². The zero-order valence-corrected chi connectivity index (χ0v) is 16.3. The summed E-state index contributed by atoms with van der Waals surface area (Å²) in [5.74, 6) is 2.39. The van der Waals surface area contributed by atoms with E-state index >= 15 is 0 Å². The van der Waals surface area contributed by atoms with Crippen LogP contribution in [0.5, 0.6) is 0 Å². The molecule has 1 atom stereocenters. The predicted octanol–water partition coefficient (Wildman–Crippen LogP) is 4.86. The van der Waals surface area contributed by atoms with Gasteiger partial charge in [-0.15, -0.1) is 0 Å². The van der Waals surface area contributed by atoms with Gasteiger partial charge < -0.3 is 14.2 Å². The van der Waals surface area contributed by atoms with E-state index in [9.17, 15) is 13.2 Å². The number of nitrogens with zero attached hydrogens (tertiary/aromatic N) is 3. The summed E-state index contributed by atoms with van der Waals surface area (Å²) in [5.41, 5.74) is 0.406. The van der Waals surface area contributed by atoms with Gasteiger partial charge in [-0.25, -0.2) is 0 Å². The average molecular weight is 397 g/mol. The van der Waals surface area contributed by atoms with Crippen LogP contribution in [0.25, 0.3) is 0 Å². The first-order valence-corrected chi connectivity index (χ1v) is 9.94. The molecule has 1 aromatic rings. The Morgan fingerprint density at radius 1 is 1.25 bits per heavy atom. The first-order chi connectivity index (χ1) is 13.2. The van der Waals surface area contributed by atoms with E-state index in [2.05, 4.69) is 22.0 Å². The van der Waals surface area contributed by atoms with Crippen molar-refractivity contribution >= 4 is 0 Å². The molecular weight excluding hydrogens is 371 g/mol. The molecule has 8 heteroatoms. The second kappa shape index (κ2) is 7.12. The maximum atomic E-state index is 12.7. The molecule has 2 fully saturated rings. The van der Waals surface area contributed by atoms with E-state index in [-0.39, 0.29) is 5.92 Å². The summed E-state index contributed by atoms with van der Waals surface area (Å²) in [7, 11) is 0. The molecule has 0 radical (unpaired) electrons. The SMILES string of the molecule is Cc1nc([C@@](C)(CC2CC2)N2C=C(C3CCC3)C(OCC(F)(F)F)=CC2)no1. The van der Waals surface area contributed by atoms with E-state index in [1.165, 1.54) is 12.8 Å². The summed E-state index contributed by atoms with van der Waals surface area (Å²) in [4.78, 5) is 6.64. The number of ether oxygens (including phenoxy) is 1. The number of aryl methyl sites for hydroxylation is 1. The zero-order valence-electron chi connectivity index (χ0n) is 16.3. The number of hydrogen-bond acceptors (Lipinski definition) is 5. The van der Waals surface area contributed by atoms with Gasteiger partial charge in [0.15, 0.2) is 12.4 Å². The molecule has 0 aromatic carbocycles. The third kappa shape index (κ3) is 4.05. The van der Waals surface area contributed by atoms with E-state index in [4.69, 9.17) is 9.26 Å². The number of halogens is 3. The standard InChI is InChI=1S/C20H26F3N3O2/c1-13-24-18(25-28-13)19(2,10-14-6-7-14)26-9-8-17(27-12-20(21,22)23)16(11-26)15-4-3-5-15/h8,11,14-15H,3-7,9-10,12H2,1-2H3/t19-/m1/s1. The smallest absolute Gasteiger partial charge is 0.422 e. The van der Waals surface area contributed by atoms with Gasteiger partial charge in [-0.05, 0) is 44.1 Å². The fourth-order valence-corrected chi connectivity index (χ4v) is 3.99. The monoisotopic (exact) mass is 397 g/mol. The quantitative estimate of drug-likeness (QED) is 0.658. The van der Waals surface area contributed by atoms with Crippen molar-refractivity contribution in [3.63, 3.8) is 0 Å². The summed E-state index contributed by atoms with van der Waals surface area (Å²) in [6.45, 7) is 3.06. The van der Waals surface area contributed by atoms with Gasteiger partial charge in [0.05, 0.1) is 0 Å². The van der Waals surface area contributed by atoms with Crippen LogP contribution in [-0.4, -0.2) is 34.4 Å². The van der Waals surface area contributed by atoms with Gasteiger partial charge in [-0.3, -0.25) is 0 Å². The maximum absolute atomic E-state index is 12.7. The van der Waals surface area contributed by atoms with E-state index in [0.717, 1.165) is 31.3 Å². The van der Waals surface area contributed by atoms with Gasteiger partial charge in [0, 0.05) is 25.2 Å². The van der Waals surface area contributed by atoms with Gasteiger partial charge in [-0.2, -0.15) is 18.2 Å². The van der Waals surface area contributed by atoms with E-state index in [1.54, 1.807) is 13.0 Å².